The van der Waals surface area contributed by atoms with Gasteiger partial charge in [-0.3, -0.25) is 0 Å². The molecule has 1 aromatic heterocycles. The van der Waals surface area contributed by atoms with Gasteiger partial charge in [-0.15, -0.1) is 11.3 Å². The van der Waals surface area contributed by atoms with Crippen LogP contribution in [0.3, 0.4) is 0 Å². The van der Waals surface area contributed by atoms with Crippen LogP contribution in [-0.4, -0.2) is 22.4 Å². The molecule has 0 aliphatic carbocycles. The van der Waals surface area contributed by atoms with Crippen LogP contribution in [0.4, 0.5) is 0 Å². The Balaban J connectivity index is 2.59. The number of thiophene rings is 1. The summed E-state index contributed by atoms with van der Waals surface area (Å²) in [6.07, 6.45) is -0.636. The standard InChI is InChI=1S/C11H18O2S/c1-7-4-5-14-11(7)8(2)6-10(13)9(3)12/h4-5,8-10,12-13H,6H2,1-3H3. The second kappa shape index (κ2) is 4.91. The van der Waals surface area contributed by atoms with Crippen LogP contribution in [0.15, 0.2) is 11.4 Å². The molecule has 0 fully saturated rings. The Morgan fingerprint density at radius 2 is 2.00 bits per heavy atom. The fourth-order valence-electron chi connectivity index (χ4n) is 1.56. The lowest BCUT2D eigenvalue weighted by Gasteiger charge is -2.18. The van der Waals surface area contributed by atoms with Gasteiger partial charge in [0, 0.05) is 4.88 Å². The smallest absolute Gasteiger partial charge is 0.0802 e. The summed E-state index contributed by atoms with van der Waals surface area (Å²) in [4.78, 5) is 1.31. The minimum atomic E-state index is -0.641. The molecule has 2 N–H and O–H groups in total. The van der Waals surface area contributed by atoms with E-state index in [1.54, 1.807) is 18.3 Å². The van der Waals surface area contributed by atoms with E-state index in [1.807, 2.05) is 0 Å². The third-order valence-electron chi connectivity index (χ3n) is 2.50. The molecule has 1 rings (SSSR count). The topological polar surface area (TPSA) is 40.5 Å². The molecule has 3 unspecified atom stereocenters. The summed E-state index contributed by atoms with van der Waals surface area (Å²) in [5.74, 6) is 0.319. The van der Waals surface area contributed by atoms with Gasteiger partial charge in [0.15, 0.2) is 0 Å². The molecule has 0 aromatic carbocycles. The largest absolute Gasteiger partial charge is 0.391 e. The van der Waals surface area contributed by atoms with E-state index in [0.29, 0.717) is 12.3 Å². The predicted octanol–water partition coefficient (Wildman–Crippen LogP) is 2.29. The monoisotopic (exact) mass is 214 g/mol. The van der Waals surface area contributed by atoms with Gasteiger partial charge in [-0.2, -0.15) is 0 Å². The Morgan fingerprint density at radius 1 is 1.36 bits per heavy atom. The van der Waals surface area contributed by atoms with E-state index in [0.717, 1.165) is 0 Å². The number of rotatable bonds is 4. The molecule has 0 aliphatic rings. The molecule has 0 radical (unpaired) electrons. The summed E-state index contributed by atoms with van der Waals surface area (Å²) in [6.45, 7) is 5.79. The number of aliphatic hydroxyl groups is 2. The third-order valence-corrected chi connectivity index (χ3v) is 3.75. The van der Waals surface area contributed by atoms with Crippen LogP contribution in [0.2, 0.25) is 0 Å². The molecule has 14 heavy (non-hydrogen) atoms. The molecule has 0 saturated carbocycles. The minimum Gasteiger partial charge on any atom is -0.391 e. The molecule has 0 saturated heterocycles. The molecule has 0 bridgehead atoms. The molecule has 1 aromatic rings. The second-order valence-corrected chi connectivity index (χ2v) is 4.86. The fourth-order valence-corrected chi connectivity index (χ4v) is 2.56. The first-order chi connectivity index (χ1) is 6.52. The van der Waals surface area contributed by atoms with E-state index in [9.17, 15) is 10.2 Å². The van der Waals surface area contributed by atoms with E-state index in [4.69, 9.17) is 0 Å². The fraction of sp³-hybridized carbons (Fsp3) is 0.636. The zero-order valence-corrected chi connectivity index (χ0v) is 9.71. The van der Waals surface area contributed by atoms with Crippen molar-refractivity contribution in [2.75, 3.05) is 0 Å². The molecule has 3 heteroatoms. The van der Waals surface area contributed by atoms with Crippen LogP contribution in [0, 0.1) is 6.92 Å². The summed E-state index contributed by atoms with van der Waals surface area (Å²) in [5, 5.41) is 20.8. The third kappa shape index (κ3) is 2.80. The molecule has 3 atom stereocenters. The minimum absolute atomic E-state index is 0.319. The van der Waals surface area contributed by atoms with Crippen molar-refractivity contribution in [1.29, 1.82) is 0 Å². The zero-order valence-electron chi connectivity index (χ0n) is 8.90. The van der Waals surface area contributed by atoms with E-state index >= 15 is 0 Å². The Bertz CT molecular complexity index is 281. The molecule has 80 valence electrons. The van der Waals surface area contributed by atoms with Crippen molar-refractivity contribution in [1.82, 2.24) is 0 Å². The highest BCUT2D eigenvalue weighted by molar-refractivity contribution is 7.10. The normalized spacial score (nSPS) is 17.8. The first kappa shape index (κ1) is 11.7. The van der Waals surface area contributed by atoms with Crippen LogP contribution in [-0.2, 0) is 0 Å². The lowest BCUT2D eigenvalue weighted by Crippen LogP contribution is -2.24. The molecular formula is C11H18O2S. The van der Waals surface area contributed by atoms with E-state index in [-0.39, 0.29) is 0 Å². The Labute approximate surface area is 89.2 Å². The highest BCUT2D eigenvalue weighted by Crippen LogP contribution is 2.29. The SMILES string of the molecule is Cc1ccsc1C(C)CC(O)C(C)O. The van der Waals surface area contributed by atoms with Gasteiger partial charge in [-0.05, 0) is 43.2 Å². The highest BCUT2D eigenvalue weighted by Gasteiger charge is 2.18. The molecular weight excluding hydrogens is 196 g/mol. The molecule has 0 aliphatic heterocycles. The number of aryl methyl sites for hydroxylation is 1. The van der Waals surface area contributed by atoms with Crippen molar-refractivity contribution < 1.29 is 10.2 Å². The van der Waals surface area contributed by atoms with Crippen LogP contribution in [0.5, 0.6) is 0 Å². The average Bonchev–Trinajstić information content (AvgIpc) is 2.51. The van der Waals surface area contributed by atoms with Crippen LogP contribution in [0.1, 0.15) is 36.6 Å². The van der Waals surface area contributed by atoms with Crippen molar-refractivity contribution in [2.24, 2.45) is 0 Å². The summed E-state index contributed by atoms with van der Waals surface area (Å²) >= 11 is 1.72. The van der Waals surface area contributed by atoms with E-state index < -0.39 is 12.2 Å². The number of aliphatic hydroxyl groups excluding tert-OH is 2. The average molecular weight is 214 g/mol. The first-order valence-corrected chi connectivity index (χ1v) is 5.80. The van der Waals surface area contributed by atoms with Crippen LogP contribution in [0.25, 0.3) is 0 Å². The van der Waals surface area contributed by atoms with Gasteiger partial charge in [0.05, 0.1) is 12.2 Å². The van der Waals surface area contributed by atoms with Gasteiger partial charge in [0.2, 0.25) is 0 Å². The second-order valence-electron chi connectivity index (χ2n) is 3.91. The van der Waals surface area contributed by atoms with Crippen LogP contribution < -0.4 is 0 Å². The van der Waals surface area contributed by atoms with Crippen LogP contribution >= 0.6 is 11.3 Å². The zero-order chi connectivity index (χ0) is 10.7. The lowest BCUT2D eigenvalue weighted by atomic mass is 9.97. The number of hydrogen-bond acceptors (Lipinski definition) is 3. The molecule has 2 nitrogen and oxygen atoms in total. The van der Waals surface area contributed by atoms with Crippen molar-refractivity contribution in [2.45, 2.75) is 45.3 Å². The molecule has 1 heterocycles. The van der Waals surface area contributed by atoms with Crippen molar-refractivity contribution >= 4 is 11.3 Å². The van der Waals surface area contributed by atoms with Gasteiger partial charge >= 0.3 is 0 Å². The molecule has 0 spiro atoms. The maximum Gasteiger partial charge on any atom is 0.0802 e. The lowest BCUT2D eigenvalue weighted by molar-refractivity contribution is 0.0229. The first-order valence-electron chi connectivity index (χ1n) is 4.92. The Hall–Kier alpha value is -0.380. The van der Waals surface area contributed by atoms with Gasteiger partial charge in [-0.1, -0.05) is 6.92 Å². The van der Waals surface area contributed by atoms with E-state index in [2.05, 4.69) is 25.3 Å². The summed E-state index contributed by atoms with van der Waals surface area (Å²) < 4.78 is 0. The highest BCUT2D eigenvalue weighted by atomic mass is 32.1. The van der Waals surface area contributed by atoms with Gasteiger partial charge in [-0.25, -0.2) is 0 Å². The van der Waals surface area contributed by atoms with Crippen molar-refractivity contribution in [3.8, 4) is 0 Å². The molecule has 0 amide bonds. The predicted molar refractivity (Wildman–Crippen MR) is 59.8 cm³/mol. The summed E-state index contributed by atoms with van der Waals surface area (Å²) in [7, 11) is 0. The Morgan fingerprint density at radius 3 is 2.43 bits per heavy atom. The van der Waals surface area contributed by atoms with E-state index in [1.165, 1.54) is 10.4 Å². The van der Waals surface area contributed by atoms with Gasteiger partial charge < -0.3 is 10.2 Å². The maximum absolute atomic E-state index is 9.54. The number of hydrogen-bond donors (Lipinski definition) is 2. The maximum atomic E-state index is 9.54. The van der Waals surface area contributed by atoms with Crippen molar-refractivity contribution in [3.05, 3.63) is 21.9 Å². The summed E-state index contributed by atoms with van der Waals surface area (Å²) in [5.41, 5.74) is 1.28. The van der Waals surface area contributed by atoms with Gasteiger partial charge in [0.25, 0.3) is 0 Å². The van der Waals surface area contributed by atoms with Gasteiger partial charge in [0.1, 0.15) is 0 Å². The summed E-state index contributed by atoms with van der Waals surface area (Å²) in [6, 6.07) is 2.09. The quantitative estimate of drug-likeness (QED) is 0.807. The Kier molecular flexibility index (Phi) is 4.11. The van der Waals surface area contributed by atoms with Crippen molar-refractivity contribution in [3.63, 3.8) is 0 Å².